The van der Waals surface area contributed by atoms with E-state index in [9.17, 15) is 0 Å². The number of aromatic nitrogens is 5. The lowest BCUT2D eigenvalue weighted by Gasteiger charge is -2.13. The molecule has 2 aromatic rings. The van der Waals surface area contributed by atoms with Gasteiger partial charge in [0.2, 0.25) is 17.2 Å². The number of rotatable bonds is 5. The van der Waals surface area contributed by atoms with Crippen molar-refractivity contribution in [2.24, 2.45) is 0 Å². The molecule has 2 rings (SSSR count). The minimum absolute atomic E-state index is 0.0732. The first-order valence-corrected chi connectivity index (χ1v) is 5.72. The summed E-state index contributed by atoms with van der Waals surface area (Å²) in [5.74, 6) is 0.822. The van der Waals surface area contributed by atoms with Crippen molar-refractivity contribution in [1.82, 2.24) is 24.5 Å². The van der Waals surface area contributed by atoms with Gasteiger partial charge in [0.1, 0.15) is 6.33 Å². The number of halogens is 1. The molecule has 0 aliphatic heterocycles. The van der Waals surface area contributed by atoms with E-state index < -0.39 is 0 Å². The van der Waals surface area contributed by atoms with Crippen molar-refractivity contribution in [3.8, 4) is 5.95 Å². The summed E-state index contributed by atoms with van der Waals surface area (Å²) >= 11 is 5.86. The van der Waals surface area contributed by atoms with Crippen molar-refractivity contribution >= 4 is 17.5 Å². The van der Waals surface area contributed by atoms with Gasteiger partial charge in [-0.1, -0.05) is 0 Å². The Morgan fingerprint density at radius 2 is 2.28 bits per heavy atom. The quantitative estimate of drug-likeness (QED) is 0.877. The Bertz CT molecular complexity index is 503. The molecular weight excluding hydrogens is 256 g/mol. The van der Waals surface area contributed by atoms with E-state index in [1.54, 1.807) is 30.4 Å². The summed E-state index contributed by atoms with van der Waals surface area (Å²) in [6, 6.07) is 0.0732. The monoisotopic (exact) mass is 268 g/mol. The third-order valence-electron chi connectivity index (χ3n) is 2.12. The van der Waals surface area contributed by atoms with Gasteiger partial charge in [0.05, 0.1) is 6.61 Å². The Kier molecular flexibility index (Phi) is 4.06. The largest absolute Gasteiger partial charge is 0.383 e. The fraction of sp³-hybridized carbons (Fsp3) is 0.400. The van der Waals surface area contributed by atoms with Gasteiger partial charge in [-0.15, -0.1) is 0 Å². The molecule has 0 bridgehead atoms. The van der Waals surface area contributed by atoms with Gasteiger partial charge in [0, 0.05) is 25.5 Å². The summed E-state index contributed by atoms with van der Waals surface area (Å²) in [6.07, 6.45) is 4.96. The number of nitrogens with one attached hydrogen (secondary N) is 1. The van der Waals surface area contributed by atoms with Gasteiger partial charge in [-0.2, -0.15) is 15.0 Å². The fourth-order valence-corrected chi connectivity index (χ4v) is 1.56. The summed E-state index contributed by atoms with van der Waals surface area (Å²) in [4.78, 5) is 16.2. The molecule has 0 fully saturated rings. The first-order valence-electron chi connectivity index (χ1n) is 5.34. The van der Waals surface area contributed by atoms with Crippen LogP contribution in [0.2, 0.25) is 5.28 Å². The summed E-state index contributed by atoms with van der Waals surface area (Å²) in [7, 11) is 1.63. The number of anilines is 1. The van der Waals surface area contributed by atoms with Crippen LogP contribution in [0.4, 0.5) is 5.95 Å². The molecule has 1 atom stereocenters. The fourth-order valence-electron chi connectivity index (χ4n) is 1.41. The van der Waals surface area contributed by atoms with Crippen LogP contribution in [0.5, 0.6) is 0 Å². The topological polar surface area (TPSA) is 77.8 Å². The van der Waals surface area contributed by atoms with Gasteiger partial charge in [-0.25, -0.2) is 4.98 Å². The van der Waals surface area contributed by atoms with Crippen LogP contribution >= 0.6 is 11.6 Å². The van der Waals surface area contributed by atoms with Crippen molar-refractivity contribution in [1.29, 1.82) is 0 Å². The molecule has 7 nitrogen and oxygen atoms in total. The standard InChI is InChI=1S/C10H13ClN6O/c1-7(5-18-2)13-9-14-8(11)15-10(16-9)17-4-3-12-6-17/h3-4,6-7H,5H2,1-2H3,(H,13,14,15,16). The lowest BCUT2D eigenvalue weighted by atomic mass is 10.4. The average Bonchev–Trinajstić information content (AvgIpc) is 2.81. The van der Waals surface area contributed by atoms with E-state index in [4.69, 9.17) is 16.3 Å². The second-order valence-corrected chi connectivity index (χ2v) is 4.04. The molecule has 0 saturated heterocycles. The minimum Gasteiger partial charge on any atom is -0.383 e. The molecule has 8 heteroatoms. The van der Waals surface area contributed by atoms with Gasteiger partial charge in [0.15, 0.2) is 0 Å². The smallest absolute Gasteiger partial charge is 0.241 e. The van der Waals surface area contributed by atoms with Crippen molar-refractivity contribution in [2.75, 3.05) is 19.0 Å². The number of ether oxygens (including phenoxy) is 1. The first-order chi connectivity index (χ1) is 8.69. The van der Waals surface area contributed by atoms with Crippen LogP contribution in [0.15, 0.2) is 18.7 Å². The minimum atomic E-state index is 0.0732. The summed E-state index contributed by atoms with van der Waals surface area (Å²) in [6.45, 7) is 2.50. The summed E-state index contributed by atoms with van der Waals surface area (Å²) in [5.41, 5.74) is 0. The van der Waals surface area contributed by atoms with Crippen molar-refractivity contribution in [3.05, 3.63) is 24.0 Å². The second kappa shape index (κ2) is 5.74. The van der Waals surface area contributed by atoms with Crippen LogP contribution < -0.4 is 5.32 Å². The zero-order valence-corrected chi connectivity index (χ0v) is 10.8. The van der Waals surface area contributed by atoms with E-state index in [0.717, 1.165) is 0 Å². The lowest BCUT2D eigenvalue weighted by molar-refractivity contribution is 0.190. The molecular formula is C10H13ClN6O. The van der Waals surface area contributed by atoms with Gasteiger partial charge >= 0.3 is 0 Å². The lowest BCUT2D eigenvalue weighted by Crippen LogP contribution is -2.22. The molecule has 0 spiro atoms. The van der Waals surface area contributed by atoms with Gasteiger partial charge in [-0.05, 0) is 18.5 Å². The number of imidazole rings is 1. The van der Waals surface area contributed by atoms with Crippen LogP contribution in [0.1, 0.15) is 6.92 Å². The molecule has 0 amide bonds. The third kappa shape index (κ3) is 3.14. The van der Waals surface area contributed by atoms with Crippen LogP contribution in [0, 0.1) is 0 Å². The highest BCUT2D eigenvalue weighted by atomic mass is 35.5. The maximum atomic E-state index is 5.86. The normalized spacial score (nSPS) is 12.4. The number of hydrogen-bond donors (Lipinski definition) is 1. The van der Waals surface area contributed by atoms with E-state index in [-0.39, 0.29) is 11.3 Å². The number of nitrogens with zero attached hydrogens (tertiary/aromatic N) is 5. The zero-order valence-electron chi connectivity index (χ0n) is 10.0. The number of methoxy groups -OCH3 is 1. The maximum Gasteiger partial charge on any atom is 0.241 e. The molecule has 1 N–H and O–H groups in total. The molecule has 2 heterocycles. The molecule has 18 heavy (non-hydrogen) atoms. The molecule has 0 aliphatic carbocycles. The van der Waals surface area contributed by atoms with E-state index >= 15 is 0 Å². The van der Waals surface area contributed by atoms with E-state index in [1.807, 2.05) is 6.92 Å². The highest BCUT2D eigenvalue weighted by Crippen LogP contribution is 2.10. The van der Waals surface area contributed by atoms with Crippen LogP contribution in [-0.4, -0.2) is 44.3 Å². The molecule has 1 unspecified atom stereocenters. The first kappa shape index (κ1) is 12.7. The Labute approximate surface area is 109 Å². The average molecular weight is 269 g/mol. The maximum absolute atomic E-state index is 5.86. The zero-order chi connectivity index (χ0) is 13.0. The van der Waals surface area contributed by atoms with E-state index in [1.165, 1.54) is 0 Å². The van der Waals surface area contributed by atoms with E-state index in [2.05, 4.69) is 25.3 Å². The predicted molar refractivity (Wildman–Crippen MR) is 66.9 cm³/mol. The third-order valence-corrected chi connectivity index (χ3v) is 2.29. The van der Waals surface area contributed by atoms with Crippen molar-refractivity contribution in [3.63, 3.8) is 0 Å². The van der Waals surface area contributed by atoms with Crippen LogP contribution in [0.3, 0.4) is 0 Å². The highest BCUT2D eigenvalue weighted by Gasteiger charge is 2.09. The van der Waals surface area contributed by atoms with Crippen LogP contribution in [-0.2, 0) is 4.74 Å². The molecule has 2 aromatic heterocycles. The van der Waals surface area contributed by atoms with Crippen LogP contribution in [0.25, 0.3) is 5.95 Å². The Balaban J connectivity index is 2.22. The molecule has 96 valence electrons. The van der Waals surface area contributed by atoms with Gasteiger partial charge in [-0.3, -0.25) is 4.57 Å². The Morgan fingerprint density at radius 3 is 2.94 bits per heavy atom. The van der Waals surface area contributed by atoms with Gasteiger partial charge in [0.25, 0.3) is 0 Å². The Morgan fingerprint density at radius 1 is 1.44 bits per heavy atom. The molecule has 0 radical (unpaired) electrons. The van der Waals surface area contributed by atoms with Crippen molar-refractivity contribution in [2.45, 2.75) is 13.0 Å². The second-order valence-electron chi connectivity index (χ2n) is 3.70. The summed E-state index contributed by atoms with van der Waals surface area (Å²) < 4.78 is 6.68. The Hall–Kier alpha value is -1.73. The molecule has 0 aliphatic rings. The molecule has 0 saturated carbocycles. The predicted octanol–water partition coefficient (Wildman–Crippen LogP) is 1.16. The number of hydrogen-bond acceptors (Lipinski definition) is 6. The van der Waals surface area contributed by atoms with Crippen molar-refractivity contribution < 1.29 is 4.74 Å². The highest BCUT2D eigenvalue weighted by molar-refractivity contribution is 6.28. The van der Waals surface area contributed by atoms with E-state index in [0.29, 0.717) is 18.5 Å². The summed E-state index contributed by atoms with van der Waals surface area (Å²) in [5, 5.41) is 3.21. The van der Waals surface area contributed by atoms with Gasteiger partial charge < -0.3 is 10.1 Å². The SMILES string of the molecule is COCC(C)Nc1nc(Cl)nc(-n2ccnc2)n1. The molecule has 0 aromatic carbocycles.